The van der Waals surface area contributed by atoms with E-state index in [4.69, 9.17) is 20.2 Å². The van der Waals surface area contributed by atoms with E-state index in [0.717, 1.165) is 34.1 Å². The minimum Gasteiger partial charge on any atom is -0.486 e. The predicted molar refractivity (Wildman–Crippen MR) is 138 cm³/mol. The number of nitrogen functional groups attached to an aromatic ring is 1. The van der Waals surface area contributed by atoms with Crippen molar-refractivity contribution in [1.82, 2.24) is 24.4 Å². The molecule has 3 N–H and O–H groups in total. The number of aliphatic hydroxyl groups excluding tert-OH is 1. The molecule has 0 aliphatic carbocycles. The highest BCUT2D eigenvalue weighted by molar-refractivity contribution is 14.1. The van der Waals surface area contributed by atoms with Crippen LogP contribution in [0, 0.1) is 15.6 Å². The predicted octanol–water partition coefficient (Wildman–Crippen LogP) is 2.52. The summed E-state index contributed by atoms with van der Waals surface area (Å²) in [5.41, 5.74) is 7.77. The van der Waals surface area contributed by atoms with E-state index in [2.05, 4.69) is 32.6 Å². The largest absolute Gasteiger partial charge is 0.486 e. The average Bonchev–Trinajstić information content (AvgIpc) is 3.20. The fourth-order valence-corrected chi connectivity index (χ4v) is 5.47. The van der Waals surface area contributed by atoms with Crippen LogP contribution in [0.25, 0.3) is 11.2 Å². The van der Waals surface area contributed by atoms with Crippen molar-refractivity contribution in [2.75, 3.05) is 32.0 Å². The van der Waals surface area contributed by atoms with Crippen molar-refractivity contribution < 1.29 is 23.8 Å². The van der Waals surface area contributed by atoms with Gasteiger partial charge in [0, 0.05) is 29.6 Å². The molecule has 4 heterocycles. The van der Waals surface area contributed by atoms with Crippen molar-refractivity contribution in [3.63, 3.8) is 0 Å². The van der Waals surface area contributed by atoms with Crippen LogP contribution in [0.4, 0.5) is 10.2 Å². The van der Waals surface area contributed by atoms with E-state index >= 15 is 0 Å². The summed E-state index contributed by atoms with van der Waals surface area (Å²) in [5.74, 6) is 2.30. The molecule has 1 aromatic carbocycles. The normalized spacial score (nSPS) is 16.9. The van der Waals surface area contributed by atoms with Gasteiger partial charge < -0.3 is 29.8 Å². The fourth-order valence-electron chi connectivity index (χ4n) is 4.84. The van der Waals surface area contributed by atoms with Crippen LogP contribution in [-0.2, 0) is 17.8 Å². The van der Waals surface area contributed by atoms with E-state index in [1.54, 1.807) is 4.90 Å². The number of aryl methyl sites for hydroxylation is 1. The number of halogens is 2. The summed E-state index contributed by atoms with van der Waals surface area (Å²) in [6.07, 6.45) is 1.11. The molecule has 1 amide bonds. The Morgan fingerprint density at radius 1 is 1.22 bits per heavy atom. The van der Waals surface area contributed by atoms with Crippen LogP contribution in [-0.4, -0.2) is 67.8 Å². The first-order valence-corrected chi connectivity index (χ1v) is 13.1. The molecule has 0 bridgehead atoms. The van der Waals surface area contributed by atoms with E-state index in [1.807, 2.05) is 16.7 Å². The highest BCUT2D eigenvalue weighted by Crippen LogP contribution is 2.35. The van der Waals surface area contributed by atoms with Crippen molar-refractivity contribution in [2.24, 2.45) is 5.92 Å². The molecular weight excluding hydrogens is 579 g/mol. The third-order valence-electron chi connectivity index (χ3n) is 6.78. The molecule has 10 nitrogen and oxygen atoms in total. The van der Waals surface area contributed by atoms with E-state index in [1.165, 1.54) is 6.92 Å². The Hall–Kier alpha value is -2.74. The molecule has 36 heavy (non-hydrogen) atoms. The Balaban J connectivity index is 1.39. The third-order valence-corrected chi connectivity index (χ3v) is 7.78. The summed E-state index contributed by atoms with van der Waals surface area (Å²) >= 11 is 2.27. The van der Waals surface area contributed by atoms with E-state index in [0.29, 0.717) is 67.9 Å². The maximum Gasteiger partial charge on any atom is 0.312 e. The molecule has 1 saturated heterocycles. The van der Waals surface area contributed by atoms with E-state index in [-0.39, 0.29) is 11.7 Å². The van der Waals surface area contributed by atoms with Crippen molar-refractivity contribution in [3.05, 3.63) is 33.2 Å². The van der Waals surface area contributed by atoms with Crippen LogP contribution in [0.5, 0.6) is 11.5 Å². The minimum absolute atomic E-state index is 0.0133. The number of amides is 1. The van der Waals surface area contributed by atoms with Crippen molar-refractivity contribution >= 4 is 45.5 Å². The fraction of sp³-hybridized carbons (Fsp3) is 0.500. The van der Waals surface area contributed by atoms with E-state index < -0.39 is 12.2 Å². The number of hydrogen-bond donors (Lipinski definition) is 2. The summed E-state index contributed by atoms with van der Waals surface area (Å²) < 4.78 is 28.5. The number of benzene rings is 1. The number of carbonyl (C=O) groups is 1. The Kier molecular flexibility index (Phi) is 7.15. The first kappa shape index (κ1) is 24.9. The van der Waals surface area contributed by atoms with Crippen LogP contribution in [0.3, 0.4) is 0 Å². The van der Waals surface area contributed by atoms with Gasteiger partial charge in [-0.25, -0.2) is 4.98 Å². The summed E-state index contributed by atoms with van der Waals surface area (Å²) in [7, 11) is 0. The summed E-state index contributed by atoms with van der Waals surface area (Å²) in [6, 6.07) is 3.91. The van der Waals surface area contributed by atoms with Gasteiger partial charge in [0.25, 0.3) is 5.91 Å². The van der Waals surface area contributed by atoms with Gasteiger partial charge >= 0.3 is 6.08 Å². The number of nitrogens with two attached hydrogens (primary N) is 1. The van der Waals surface area contributed by atoms with Crippen molar-refractivity contribution in [1.29, 1.82) is 0 Å². The standard InChI is InChI=1S/C24H28FIN6O4/c1-13(33)23(34)31-5-2-14(3-6-31)4-7-32-19(28-20-21(27)29-24(25)30-22(20)32)11-15-10-17-18(12-16(15)26)36-9-8-35-17/h10,12-14,33H,2-9,11H2,1H3,(H2,27,29,30)/t13-/m0/s1/i26-3. The third kappa shape index (κ3) is 5.05. The number of anilines is 1. The molecule has 1 atom stereocenters. The molecule has 0 unspecified atom stereocenters. The van der Waals surface area contributed by atoms with Crippen molar-refractivity contribution in [2.45, 2.75) is 45.3 Å². The lowest BCUT2D eigenvalue weighted by Crippen LogP contribution is -2.43. The van der Waals surface area contributed by atoms with Gasteiger partial charge in [0.1, 0.15) is 25.1 Å². The molecule has 5 rings (SSSR count). The van der Waals surface area contributed by atoms with Gasteiger partial charge in [-0.2, -0.15) is 14.4 Å². The summed E-state index contributed by atoms with van der Waals surface area (Å²) in [5, 5.41) is 9.58. The van der Waals surface area contributed by atoms with Gasteiger partial charge in [-0.1, -0.05) is 0 Å². The zero-order valence-corrected chi connectivity index (χ0v) is 22.1. The number of piperidine rings is 1. The molecule has 0 radical (unpaired) electrons. The molecule has 2 aliphatic heterocycles. The maximum atomic E-state index is 14.1. The lowest BCUT2D eigenvalue weighted by atomic mass is 9.93. The minimum atomic E-state index is -0.982. The van der Waals surface area contributed by atoms with Crippen molar-refractivity contribution in [3.8, 4) is 11.5 Å². The molecule has 12 heteroatoms. The van der Waals surface area contributed by atoms with Gasteiger partial charge in [0.15, 0.2) is 28.5 Å². The number of fused-ring (bicyclic) bond motifs is 2. The molecule has 1 fully saturated rings. The molecule has 0 spiro atoms. The topological polar surface area (TPSA) is 129 Å². The number of hydrogen-bond acceptors (Lipinski definition) is 8. The number of aliphatic hydroxyl groups is 1. The summed E-state index contributed by atoms with van der Waals surface area (Å²) in [4.78, 5) is 26.2. The number of nitrogens with zero attached hydrogens (tertiary/aromatic N) is 5. The lowest BCUT2D eigenvalue weighted by molar-refractivity contribution is -0.140. The Bertz CT molecular complexity index is 1290. The van der Waals surface area contributed by atoms with Gasteiger partial charge in [0.05, 0.1) is 0 Å². The van der Waals surface area contributed by atoms with Crippen LogP contribution >= 0.6 is 22.6 Å². The van der Waals surface area contributed by atoms with Gasteiger partial charge in [-0.15, -0.1) is 0 Å². The van der Waals surface area contributed by atoms with Gasteiger partial charge in [0.2, 0.25) is 0 Å². The zero-order chi connectivity index (χ0) is 25.4. The maximum absolute atomic E-state index is 14.1. The zero-order valence-electron chi connectivity index (χ0n) is 19.9. The highest BCUT2D eigenvalue weighted by Gasteiger charge is 2.26. The second-order valence-corrected chi connectivity index (χ2v) is 10.4. The Morgan fingerprint density at radius 3 is 2.61 bits per heavy atom. The Morgan fingerprint density at radius 2 is 1.92 bits per heavy atom. The highest BCUT2D eigenvalue weighted by atomic mass is 124. The van der Waals surface area contributed by atoms with Crippen LogP contribution in [0.2, 0.25) is 0 Å². The monoisotopic (exact) mass is 607 g/mol. The number of rotatable bonds is 6. The molecule has 2 aromatic heterocycles. The molecule has 3 aromatic rings. The first-order chi connectivity index (χ1) is 17.3. The number of carbonyl (C=O) groups excluding carboxylic acids is 1. The van der Waals surface area contributed by atoms with Crippen LogP contribution in [0.15, 0.2) is 12.1 Å². The number of likely N-dealkylation sites (tertiary alicyclic amines) is 1. The molecular formula is C24H28FIN6O4. The molecule has 0 saturated carbocycles. The Labute approximate surface area is 221 Å². The number of ether oxygens (including phenoxy) is 2. The lowest BCUT2D eigenvalue weighted by Gasteiger charge is -2.32. The van der Waals surface area contributed by atoms with Gasteiger partial charge in [-0.3, -0.25) is 4.79 Å². The smallest absolute Gasteiger partial charge is 0.312 e. The molecule has 192 valence electrons. The second kappa shape index (κ2) is 10.3. The van der Waals surface area contributed by atoms with Crippen LogP contribution in [0.1, 0.15) is 37.6 Å². The number of aromatic nitrogens is 4. The second-order valence-electron chi connectivity index (χ2n) is 9.23. The van der Waals surface area contributed by atoms with E-state index in [9.17, 15) is 14.3 Å². The first-order valence-electron chi connectivity index (χ1n) is 12.0. The SMILES string of the molecule is C[C@H](O)C(=O)N1CCC(CCn2c(Cc3cc4c(cc3[124I])OCCO4)nc3c(N)nc(F)nc32)CC1. The quantitative estimate of drug-likeness (QED) is 0.323. The van der Waals surface area contributed by atoms with Crippen LogP contribution < -0.4 is 15.2 Å². The van der Waals surface area contributed by atoms with Gasteiger partial charge in [-0.05, 0) is 72.4 Å². The molecule has 2 aliphatic rings. The average molecular weight is 607 g/mol. The number of imidazole rings is 1. The summed E-state index contributed by atoms with van der Waals surface area (Å²) in [6.45, 7) is 4.33.